The molecule has 3 heteroatoms. The third-order valence-electron chi connectivity index (χ3n) is 2.70. The van der Waals surface area contributed by atoms with Crippen molar-refractivity contribution in [2.75, 3.05) is 20.1 Å². The molecule has 0 aromatic heterocycles. The molecule has 0 bridgehead atoms. The molecule has 2 nitrogen and oxygen atoms in total. The molecule has 0 spiro atoms. The first-order chi connectivity index (χ1) is 8.76. The molecule has 0 heterocycles. The van der Waals surface area contributed by atoms with E-state index in [0.29, 0.717) is 0 Å². The fourth-order valence-electron chi connectivity index (χ4n) is 1.83. The highest BCUT2D eigenvalue weighted by molar-refractivity contribution is 9.10. The van der Waals surface area contributed by atoms with Crippen molar-refractivity contribution >= 4 is 15.9 Å². The minimum Gasteiger partial charge on any atom is -0.308 e. The van der Waals surface area contributed by atoms with Crippen molar-refractivity contribution in [2.24, 2.45) is 0 Å². The Morgan fingerprint density at radius 3 is 2.63 bits per heavy atom. The zero-order chi connectivity index (χ0) is 14.5. The van der Waals surface area contributed by atoms with Crippen LogP contribution in [0.3, 0.4) is 0 Å². The van der Waals surface area contributed by atoms with Crippen LogP contribution in [0, 0.1) is 0 Å². The Labute approximate surface area is 126 Å². The van der Waals surface area contributed by atoms with Crippen LogP contribution in [-0.4, -0.2) is 30.6 Å². The van der Waals surface area contributed by atoms with E-state index in [4.69, 9.17) is 0 Å². The summed E-state index contributed by atoms with van der Waals surface area (Å²) in [5.74, 6) is 0. The molecule has 0 radical (unpaired) electrons. The first-order valence-corrected chi connectivity index (χ1v) is 7.40. The van der Waals surface area contributed by atoms with E-state index in [0.717, 1.165) is 24.1 Å². The molecule has 106 valence electrons. The molecule has 0 unspecified atom stereocenters. The lowest BCUT2D eigenvalue weighted by atomic mass is 10.1. The quantitative estimate of drug-likeness (QED) is 0.800. The predicted octanol–water partition coefficient (Wildman–Crippen LogP) is 3.83. The Bertz CT molecular complexity index is 421. The highest BCUT2D eigenvalue weighted by Crippen LogP contribution is 2.13. The van der Waals surface area contributed by atoms with Gasteiger partial charge in [-0.3, -0.25) is 4.90 Å². The molecule has 1 aromatic carbocycles. The van der Waals surface area contributed by atoms with Crippen molar-refractivity contribution in [1.82, 2.24) is 10.2 Å². The molecule has 1 aromatic rings. The van der Waals surface area contributed by atoms with Gasteiger partial charge in [-0.15, -0.1) is 0 Å². The molecule has 0 saturated heterocycles. The zero-order valence-corrected chi connectivity index (χ0v) is 14.0. The third-order valence-corrected chi connectivity index (χ3v) is 3.20. The van der Waals surface area contributed by atoms with Gasteiger partial charge in [-0.2, -0.15) is 0 Å². The predicted molar refractivity (Wildman–Crippen MR) is 87.4 cm³/mol. The molecule has 0 saturated carbocycles. The normalized spacial score (nSPS) is 11.9. The standard InChI is InChI=1S/C16H25BrN2/c1-13(10-18-16(2,3)4)11-19(5)12-14-7-6-8-15(17)9-14/h6-9,18H,1,10-12H2,2-5H3. The molecule has 1 rings (SSSR count). The summed E-state index contributed by atoms with van der Waals surface area (Å²) in [6.45, 7) is 13.4. The topological polar surface area (TPSA) is 15.3 Å². The summed E-state index contributed by atoms with van der Waals surface area (Å²) in [6.07, 6.45) is 0. The summed E-state index contributed by atoms with van der Waals surface area (Å²) in [4.78, 5) is 2.29. The molecular weight excluding hydrogens is 300 g/mol. The maximum absolute atomic E-state index is 4.14. The van der Waals surface area contributed by atoms with E-state index >= 15 is 0 Å². The number of benzene rings is 1. The molecule has 0 aliphatic rings. The highest BCUT2D eigenvalue weighted by Gasteiger charge is 2.09. The maximum atomic E-state index is 4.14. The lowest BCUT2D eigenvalue weighted by molar-refractivity contribution is 0.346. The summed E-state index contributed by atoms with van der Waals surface area (Å²) >= 11 is 3.50. The van der Waals surface area contributed by atoms with Crippen LogP contribution in [0.1, 0.15) is 26.3 Å². The van der Waals surface area contributed by atoms with E-state index in [2.05, 4.69) is 84.8 Å². The Morgan fingerprint density at radius 2 is 2.05 bits per heavy atom. The van der Waals surface area contributed by atoms with Crippen LogP contribution in [0.15, 0.2) is 40.9 Å². The van der Waals surface area contributed by atoms with E-state index in [-0.39, 0.29) is 5.54 Å². The lowest BCUT2D eigenvalue weighted by Crippen LogP contribution is -2.38. The number of rotatable bonds is 6. The Hall–Kier alpha value is -0.640. The number of nitrogens with one attached hydrogen (secondary N) is 1. The summed E-state index contributed by atoms with van der Waals surface area (Å²) in [5, 5.41) is 3.47. The zero-order valence-electron chi connectivity index (χ0n) is 12.5. The molecule has 19 heavy (non-hydrogen) atoms. The Balaban J connectivity index is 2.38. The van der Waals surface area contributed by atoms with Crippen LogP contribution >= 0.6 is 15.9 Å². The monoisotopic (exact) mass is 324 g/mol. The first kappa shape index (κ1) is 16.4. The van der Waals surface area contributed by atoms with Gasteiger partial charge in [0.2, 0.25) is 0 Å². The van der Waals surface area contributed by atoms with Crippen LogP contribution in [0.4, 0.5) is 0 Å². The van der Waals surface area contributed by atoms with E-state index < -0.39 is 0 Å². The second kappa shape index (κ2) is 7.22. The van der Waals surface area contributed by atoms with Crippen LogP contribution in [-0.2, 0) is 6.54 Å². The number of halogens is 1. The summed E-state index contributed by atoms with van der Waals surface area (Å²) in [5.41, 5.74) is 2.67. The fraction of sp³-hybridized carbons (Fsp3) is 0.500. The van der Waals surface area contributed by atoms with Crippen LogP contribution in [0.5, 0.6) is 0 Å². The van der Waals surface area contributed by atoms with E-state index in [1.807, 2.05) is 0 Å². The van der Waals surface area contributed by atoms with Gasteiger partial charge in [0.1, 0.15) is 0 Å². The highest BCUT2D eigenvalue weighted by atomic mass is 79.9. The van der Waals surface area contributed by atoms with Crippen LogP contribution in [0.2, 0.25) is 0 Å². The number of hydrogen-bond donors (Lipinski definition) is 1. The smallest absolute Gasteiger partial charge is 0.0234 e. The van der Waals surface area contributed by atoms with Gasteiger partial charge in [0.05, 0.1) is 0 Å². The average Bonchev–Trinajstić information content (AvgIpc) is 2.25. The Morgan fingerprint density at radius 1 is 1.37 bits per heavy atom. The van der Waals surface area contributed by atoms with Gasteiger partial charge < -0.3 is 5.32 Å². The molecule has 0 amide bonds. The third kappa shape index (κ3) is 7.51. The van der Waals surface area contributed by atoms with Gasteiger partial charge in [-0.05, 0) is 51.1 Å². The van der Waals surface area contributed by atoms with Crippen LogP contribution in [0.25, 0.3) is 0 Å². The molecule has 1 N–H and O–H groups in total. The average molecular weight is 325 g/mol. The molecule has 0 atom stereocenters. The fourth-order valence-corrected chi connectivity index (χ4v) is 2.28. The van der Waals surface area contributed by atoms with Gasteiger partial charge >= 0.3 is 0 Å². The minimum absolute atomic E-state index is 0.145. The molecular formula is C16H25BrN2. The van der Waals surface area contributed by atoms with Crippen molar-refractivity contribution in [3.8, 4) is 0 Å². The Kier molecular flexibility index (Phi) is 6.24. The van der Waals surface area contributed by atoms with Crippen molar-refractivity contribution in [2.45, 2.75) is 32.9 Å². The summed E-state index contributed by atoms with van der Waals surface area (Å²) in [6, 6.07) is 8.43. The first-order valence-electron chi connectivity index (χ1n) is 6.61. The SMILES string of the molecule is C=C(CNC(C)(C)C)CN(C)Cc1cccc(Br)c1. The number of hydrogen-bond acceptors (Lipinski definition) is 2. The summed E-state index contributed by atoms with van der Waals surface area (Å²) < 4.78 is 1.13. The van der Waals surface area contributed by atoms with Gasteiger partial charge in [-0.25, -0.2) is 0 Å². The van der Waals surface area contributed by atoms with Gasteiger partial charge in [0.15, 0.2) is 0 Å². The van der Waals surface area contributed by atoms with Crippen LogP contribution < -0.4 is 5.32 Å². The van der Waals surface area contributed by atoms with E-state index in [1.54, 1.807) is 0 Å². The second-order valence-corrected chi connectivity index (χ2v) is 7.07. The maximum Gasteiger partial charge on any atom is 0.0234 e. The number of likely N-dealkylation sites (N-methyl/N-ethyl adjacent to an activating group) is 1. The van der Waals surface area contributed by atoms with Crippen molar-refractivity contribution < 1.29 is 0 Å². The van der Waals surface area contributed by atoms with Gasteiger partial charge in [0.25, 0.3) is 0 Å². The van der Waals surface area contributed by atoms with Gasteiger partial charge in [0, 0.05) is 29.6 Å². The molecule has 0 fully saturated rings. The van der Waals surface area contributed by atoms with Crippen molar-refractivity contribution in [1.29, 1.82) is 0 Å². The molecule has 0 aliphatic carbocycles. The second-order valence-electron chi connectivity index (χ2n) is 6.16. The van der Waals surface area contributed by atoms with E-state index in [9.17, 15) is 0 Å². The minimum atomic E-state index is 0.145. The van der Waals surface area contributed by atoms with Gasteiger partial charge in [-0.1, -0.05) is 34.6 Å². The largest absolute Gasteiger partial charge is 0.308 e. The lowest BCUT2D eigenvalue weighted by Gasteiger charge is -2.23. The van der Waals surface area contributed by atoms with Crippen molar-refractivity contribution in [3.05, 3.63) is 46.5 Å². The summed E-state index contributed by atoms with van der Waals surface area (Å²) in [7, 11) is 2.13. The molecule has 0 aliphatic heterocycles. The number of nitrogens with zero attached hydrogens (tertiary/aromatic N) is 1. The van der Waals surface area contributed by atoms with Crippen molar-refractivity contribution in [3.63, 3.8) is 0 Å². The van der Waals surface area contributed by atoms with E-state index in [1.165, 1.54) is 11.1 Å².